The van der Waals surface area contributed by atoms with Gasteiger partial charge in [0.1, 0.15) is 0 Å². The Balaban J connectivity index is 3.01. The summed E-state index contributed by atoms with van der Waals surface area (Å²) in [6.07, 6.45) is 5.00. The molecule has 0 unspecified atom stereocenters. The molecule has 0 aromatic carbocycles. The van der Waals surface area contributed by atoms with Gasteiger partial charge in [0.05, 0.1) is 4.47 Å². The zero-order valence-electron chi connectivity index (χ0n) is 6.95. The maximum atomic E-state index is 11.2. The molecule has 0 N–H and O–H groups in total. The average molecular weight is 243 g/mol. The SMILES string of the molecule is C#CCOc1cc(Br)c(=O)n(C)n1. The number of hydrogen-bond donors (Lipinski definition) is 0. The van der Waals surface area contributed by atoms with Crippen LogP contribution in [0.3, 0.4) is 0 Å². The Morgan fingerprint density at radius 3 is 3.08 bits per heavy atom. The molecular formula is C8H7BrN2O2. The van der Waals surface area contributed by atoms with Crippen molar-refractivity contribution in [2.75, 3.05) is 6.61 Å². The molecule has 68 valence electrons. The second kappa shape index (κ2) is 4.10. The predicted octanol–water partition coefficient (Wildman–Crippen LogP) is 0.555. The first kappa shape index (κ1) is 9.81. The molecule has 0 bridgehead atoms. The lowest BCUT2D eigenvalue weighted by Crippen LogP contribution is -2.20. The maximum absolute atomic E-state index is 11.2. The quantitative estimate of drug-likeness (QED) is 0.712. The van der Waals surface area contributed by atoms with Crippen LogP contribution in [0, 0.1) is 12.3 Å². The van der Waals surface area contributed by atoms with E-state index in [9.17, 15) is 4.79 Å². The van der Waals surface area contributed by atoms with Crippen LogP contribution < -0.4 is 10.3 Å². The van der Waals surface area contributed by atoms with Crippen LogP contribution in [-0.4, -0.2) is 16.4 Å². The maximum Gasteiger partial charge on any atom is 0.281 e. The third-order valence-corrected chi connectivity index (χ3v) is 1.87. The van der Waals surface area contributed by atoms with Crippen molar-refractivity contribution >= 4 is 15.9 Å². The summed E-state index contributed by atoms with van der Waals surface area (Å²) >= 11 is 3.08. The summed E-state index contributed by atoms with van der Waals surface area (Å²) in [5.74, 6) is 2.63. The lowest BCUT2D eigenvalue weighted by molar-refractivity contribution is 0.342. The Labute approximate surface area is 83.7 Å². The largest absolute Gasteiger partial charge is 0.463 e. The van der Waals surface area contributed by atoms with E-state index in [4.69, 9.17) is 11.2 Å². The lowest BCUT2D eigenvalue weighted by atomic mass is 10.5. The summed E-state index contributed by atoms with van der Waals surface area (Å²) in [7, 11) is 1.54. The van der Waals surface area contributed by atoms with Crippen molar-refractivity contribution in [1.29, 1.82) is 0 Å². The fraction of sp³-hybridized carbons (Fsp3) is 0.250. The topological polar surface area (TPSA) is 44.1 Å². The third kappa shape index (κ3) is 2.33. The monoisotopic (exact) mass is 242 g/mol. The number of nitrogens with zero attached hydrogens (tertiary/aromatic N) is 2. The second-order valence-corrected chi connectivity index (χ2v) is 3.11. The number of aromatic nitrogens is 2. The molecule has 0 aliphatic rings. The third-order valence-electron chi connectivity index (χ3n) is 1.30. The molecule has 0 radical (unpaired) electrons. The summed E-state index contributed by atoms with van der Waals surface area (Å²) in [6.45, 7) is 0.137. The smallest absolute Gasteiger partial charge is 0.281 e. The highest BCUT2D eigenvalue weighted by molar-refractivity contribution is 9.10. The molecule has 1 heterocycles. The van der Waals surface area contributed by atoms with Crippen LogP contribution in [0.25, 0.3) is 0 Å². The predicted molar refractivity (Wildman–Crippen MR) is 51.5 cm³/mol. The van der Waals surface area contributed by atoms with E-state index in [1.54, 1.807) is 0 Å². The van der Waals surface area contributed by atoms with Crippen LogP contribution in [0.1, 0.15) is 0 Å². The standard InChI is InChI=1S/C8H7BrN2O2/c1-3-4-13-7-5-6(9)8(12)11(2)10-7/h1,5H,4H2,2H3. The molecule has 0 saturated heterocycles. The van der Waals surface area contributed by atoms with Crippen molar-refractivity contribution in [3.63, 3.8) is 0 Å². The Morgan fingerprint density at radius 2 is 2.54 bits per heavy atom. The van der Waals surface area contributed by atoms with Crippen molar-refractivity contribution in [2.45, 2.75) is 0 Å². The van der Waals surface area contributed by atoms with Gasteiger partial charge in [-0.15, -0.1) is 11.5 Å². The highest BCUT2D eigenvalue weighted by atomic mass is 79.9. The van der Waals surface area contributed by atoms with Crippen molar-refractivity contribution in [3.05, 3.63) is 20.9 Å². The van der Waals surface area contributed by atoms with E-state index < -0.39 is 0 Å². The molecular weight excluding hydrogens is 236 g/mol. The van der Waals surface area contributed by atoms with Gasteiger partial charge in [0, 0.05) is 13.1 Å². The first-order valence-corrected chi connectivity index (χ1v) is 4.24. The van der Waals surface area contributed by atoms with E-state index in [0.29, 0.717) is 10.4 Å². The molecule has 1 aromatic rings. The molecule has 0 fully saturated rings. The minimum Gasteiger partial charge on any atom is -0.463 e. The Hall–Kier alpha value is -1.28. The highest BCUT2D eigenvalue weighted by Gasteiger charge is 2.02. The number of terminal acetylenes is 1. The van der Waals surface area contributed by atoms with Gasteiger partial charge in [-0.2, -0.15) is 0 Å². The van der Waals surface area contributed by atoms with E-state index >= 15 is 0 Å². The molecule has 13 heavy (non-hydrogen) atoms. The first-order valence-electron chi connectivity index (χ1n) is 3.45. The van der Waals surface area contributed by atoms with E-state index in [-0.39, 0.29) is 12.2 Å². The number of rotatable bonds is 2. The molecule has 5 heteroatoms. The minimum atomic E-state index is -0.215. The van der Waals surface area contributed by atoms with Gasteiger partial charge in [0.2, 0.25) is 5.88 Å². The van der Waals surface area contributed by atoms with Crippen LogP contribution in [0.2, 0.25) is 0 Å². The zero-order chi connectivity index (χ0) is 9.84. The van der Waals surface area contributed by atoms with Crippen LogP contribution in [0.4, 0.5) is 0 Å². The summed E-state index contributed by atoms with van der Waals surface area (Å²) < 4.78 is 6.61. The van der Waals surface area contributed by atoms with Crippen LogP contribution in [0.15, 0.2) is 15.3 Å². The normalized spacial score (nSPS) is 9.31. The van der Waals surface area contributed by atoms with Crippen LogP contribution >= 0.6 is 15.9 Å². The second-order valence-electron chi connectivity index (χ2n) is 2.25. The zero-order valence-corrected chi connectivity index (χ0v) is 8.54. The molecule has 4 nitrogen and oxygen atoms in total. The Morgan fingerprint density at radius 1 is 1.85 bits per heavy atom. The average Bonchev–Trinajstić information content (AvgIpc) is 2.10. The fourth-order valence-corrected chi connectivity index (χ4v) is 1.19. The molecule has 0 amide bonds. The number of hydrogen-bond acceptors (Lipinski definition) is 3. The summed E-state index contributed by atoms with van der Waals surface area (Å²) in [5, 5.41) is 3.83. The van der Waals surface area contributed by atoms with Gasteiger partial charge in [-0.25, -0.2) is 4.68 Å². The van der Waals surface area contributed by atoms with Crippen molar-refractivity contribution in [2.24, 2.45) is 7.05 Å². The van der Waals surface area contributed by atoms with Gasteiger partial charge >= 0.3 is 0 Å². The number of ether oxygens (including phenoxy) is 1. The van der Waals surface area contributed by atoms with Gasteiger partial charge in [-0.3, -0.25) is 4.79 Å². The van der Waals surface area contributed by atoms with Gasteiger partial charge in [0.25, 0.3) is 5.56 Å². The highest BCUT2D eigenvalue weighted by Crippen LogP contribution is 2.09. The number of aryl methyl sites for hydroxylation is 1. The minimum absolute atomic E-state index is 0.137. The van der Waals surface area contributed by atoms with E-state index in [1.165, 1.54) is 17.8 Å². The molecule has 1 aromatic heterocycles. The Bertz CT molecular complexity index is 379. The van der Waals surface area contributed by atoms with Crippen molar-refractivity contribution in [1.82, 2.24) is 9.78 Å². The van der Waals surface area contributed by atoms with Gasteiger partial charge < -0.3 is 4.74 Å². The molecule has 0 saturated carbocycles. The molecule has 1 rings (SSSR count). The molecule has 0 atom stereocenters. The van der Waals surface area contributed by atoms with Gasteiger partial charge in [-0.1, -0.05) is 5.92 Å². The van der Waals surface area contributed by atoms with E-state index in [0.717, 1.165) is 0 Å². The van der Waals surface area contributed by atoms with Crippen molar-refractivity contribution < 1.29 is 4.74 Å². The van der Waals surface area contributed by atoms with Crippen molar-refractivity contribution in [3.8, 4) is 18.2 Å². The van der Waals surface area contributed by atoms with Crippen LogP contribution in [-0.2, 0) is 7.05 Å². The van der Waals surface area contributed by atoms with Gasteiger partial charge in [-0.05, 0) is 15.9 Å². The lowest BCUT2D eigenvalue weighted by Gasteiger charge is -2.03. The molecule has 0 aliphatic heterocycles. The fourth-order valence-electron chi connectivity index (χ4n) is 0.733. The summed E-state index contributed by atoms with van der Waals surface area (Å²) in [5.41, 5.74) is -0.215. The van der Waals surface area contributed by atoms with Crippen LogP contribution in [0.5, 0.6) is 5.88 Å². The van der Waals surface area contributed by atoms with E-state index in [2.05, 4.69) is 26.9 Å². The van der Waals surface area contributed by atoms with Gasteiger partial charge in [0.15, 0.2) is 6.61 Å². The summed E-state index contributed by atoms with van der Waals surface area (Å²) in [6, 6.07) is 1.49. The Kier molecular flexibility index (Phi) is 3.09. The molecule has 0 spiro atoms. The van der Waals surface area contributed by atoms with E-state index in [1.807, 2.05) is 0 Å². The molecule has 0 aliphatic carbocycles. The number of halogens is 1. The first-order chi connectivity index (χ1) is 6.15. The summed E-state index contributed by atoms with van der Waals surface area (Å²) in [4.78, 5) is 11.2.